The first kappa shape index (κ1) is 23.9. The summed E-state index contributed by atoms with van der Waals surface area (Å²) in [5.41, 5.74) is 6.97. The number of fused-ring (bicyclic) bond motifs is 1. The Hall–Kier alpha value is -4.24. The lowest BCUT2D eigenvalue weighted by Gasteiger charge is -2.10. The summed E-state index contributed by atoms with van der Waals surface area (Å²) in [6, 6.07) is 23.4. The Labute approximate surface area is 203 Å². The van der Waals surface area contributed by atoms with Crippen molar-refractivity contribution in [1.82, 2.24) is 10.4 Å². The van der Waals surface area contributed by atoms with Crippen LogP contribution in [0.1, 0.15) is 22.8 Å². The Morgan fingerprint density at radius 2 is 1.71 bits per heavy atom. The average Bonchev–Trinajstić information content (AvgIpc) is 2.86. The Morgan fingerprint density at radius 3 is 2.43 bits per heavy atom. The fraction of sp³-hybridized carbons (Fsp3) is 0.115. The van der Waals surface area contributed by atoms with Gasteiger partial charge in [-0.2, -0.15) is 5.10 Å². The molecule has 8 nitrogen and oxygen atoms in total. The van der Waals surface area contributed by atoms with E-state index in [4.69, 9.17) is 9.72 Å². The van der Waals surface area contributed by atoms with Crippen molar-refractivity contribution in [2.24, 2.45) is 5.10 Å². The van der Waals surface area contributed by atoms with E-state index in [9.17, 15) is 13.2 Å². The van der Waals surface area contributed by atoms with Gasteiger partial charge >= 0.3 is 0 Å². The number of nitrogens with zero attached hydrogens (tertiary/aromatic N) is 2. The molecule has 4 aromatic rings. The Morgan fingerprint density at radius 1 is 0.971 bits per heavy atom. The molecule has 35 heavy (non-hydrogen) atoms. The van der Waals surface area contributed by atoms with Crippen molar-refractivity contribution in [3.8, 4) is 17.0 Å². The molecule has 178 valence electrons. The minimum absolute atomic E-state index is 0.373. The average molecular weight is 489 g/mol. The maximum atomic E-state index is 13.2. The molecular formula is C26H24N4O4S. The Kier molecular flexibility index (Phi) is 6.79. The zero-order chi connectivity index (χ0) is 25.0. The zero-order valence-electron chi connectivity index (χ0n) is 19.4. The predicted octanol–water partition coefficient (Wildman–Crippen LogP) is 4.44. The van der Waals surface area contributed by atoms with Crippen molar-refractivity contribution in [1.29, 1.82) is 0 Å². The van der Waals surface area contributed by atoms with Crippen LogP contribution in [-0.2, 0) is 10.0 Å². The second kappa shape index (κ2) is 9.94. The van der Waals surface area contributed by atoms with Gasteiger partial charge in [-0.1, -0.05) is 42.5 Å². The minimum Gasteiger partial charge on any atom is -0.497 e. The van der Waals surface area contributed by atoms with Crippen molar-refractivity contribution >= 4 is 38.2 Å². The number of para-hydroxylation sites is 1. The summed E-state index contributed by atoms with van der Waals surface area (Å²) in [5.74, 6) is 0.323. The van der Waals surface area contributed by atoms with Crippen LogP contribution in [0.5, 0.6) is 5.75 Å². The Bertz CT molecular complexity index is 1530. The first-order valence-electron chi connectivity index (χ1n) is 10.7. The first-order valence-corrected chi connectivity index (χ1v) is 12.6. The van der Waals surface area contributed by atoms with Gasteiger partial charge in [0.2, 0.25) is 10.0 Å². The van der Waals surface area contributed by atoms with Gasteiger partial charge < -0.3 is 4.74 Å². The molecule has 0 saturated heterocycles. The third kappa shape index (κ3) is 5.82. The predicted molar refractivity (Wildman–Crippen MR) is 138 cm³/mol. The maximum Gasteiger partial charge on any atom is 0.272 e. The molecule has 0 fully saturated rings. The van der Waals surface area contributed by atoms with Crippen molar-refractivity contribution in [3.05, 3.63) is 90.0 Å². The summed E-state index contributed by atoms with van der Waals surface area (Å²) in [4.78, 5) is 17.9. The lowest BCUT2D eigenvalue weighted by molar-refractivity contribution is 0.0956. The minimum atomic E-state index is -3.36. The molecule has 0 atom stereocenters. The van der Waals surface area contributed by atoms with E-state index in [1.165, 1.54) is 0 Å². The number of aromatic nitrogens is 1. The number of nitrogens with one attached hydrogen (secondary N) is 2. The van der Waals surface area contributed by atoms with Crippen molar-refractivity contribution in [3.63, 3.8) is 0 Å². The lowest BCUT2D eigenvalue weighted by atomic mass is 10.0. The van der Waals surface area contributed by atoms with E-state index < -0.39 is 10.0 Å². The van der Waals surface area contributed by atoms with E-state index in [2.05, 4.69) is 15.2 Å². The van der Waals surface area contributed by atoms with Gasteiger partial charge in [0.1, 0.15) is 5.75 Å². The second-order valence-corrected chi connectivity index (χ2v) is 9.64. The second-order valence-electron chi connectivity index (χ2n) is 7.89. The van der Waals surface area contributed by atoms with Gasteiger partial charge in [0.15, 0.2) is 0 Å². The highest BCUT2D eigenvalue weighted by molar-refractivity contribution is 7.92. The molecule has 3 aromatic carbocycles. The zero-order valence-corrected chi connectivity index (χ0v) is 20.3. The van der Waals surface area contributed by atoms with Crippen molar-refractivity contribution in [2.75, 3.05) is 18.1 Å². The molecule has 1 aromatic heterocycles. The van der Waals surface area contributed by atoms with Crippen LogP contribution < -0.4 is 14.9 Å². The smallest absolute Gasteiger partial charge is 0.272 e. The lowest BCUT2D eigenvalue weighted by Crippen LogP contribution is -2.20. The number of anilines is 1. The van der Waals surface area contributed by atoms with Gasteiger partial charge in [-0.15, -0.1) is 0 Å². The van der Waals surface area contributed by atoms with E-state index in [0.29, 0.717) is 39.3 Å². The number of hydrazone groups is 1. The monoisotopic (exact) mass is 488 g/mol. The number of sulfonamides is 1. The number of benzene rings is 3. The molecule has 1 amide bonds. The quantitative estimate of drug-likeness (QED) is 0.295. The van der Waals surface area contributed by atoms with E-state index in [0.717, 1.165) is 17.4 Å². The molecule has 0 aliphatic rings. The molecule has 1 heterocycles. The molecule has 0 spiro atoms. The summed E-state index contributed by atoms with van der Waals surface area (Å²) in [7, 11) is -1.76. The van der Waals surface area contributed by atoms with Crippen LogP contribution in [0.2, 0.25) is 0 Å². The number of carbonyl (C=O) groups is 1. The number of pyridine rings is 1. The standard InChI is InChI=1S/C26H24N4O4S/c1-17(18-11-13-20(14-12-18)30-35(3,32)33)28-29-26(31)23-16-25(19-7-6-8-21(15-19)34-2)27-24-10-5-4-9-22(23)24/h4-16,30H,1-3H3,(H,29,31)/b28-17+. The molecule has 0 aliphatic carbocycles. The number of amides is 1. The fourth-order valence-corrected chi connectivity index (χ4v) is 4.11. The van der Waals surface area contributed by atoms with Gasteiger partial charge in [0.05, 0.1) is 35.9 Å². The number of hydrogen-bond donors (Lipinski definition) is 2. The summed E-state index contributed by atoms with van der Waals surface area (Å²) in [6.45, 7) is 1.76. The number of methoxy groups -OCH3 is 1. The normalized spacial score (nSPS) is 11.8. The van der Waals surface area contributed by atoms with Crippen molar-refractivity contribution < 1.29 is 17.9 Å². The summed E-state index contributed by atoms with van der Waals surface area (Å²) >= 11 is 0. The van der Waals surface area contributed by atoms with E-state index in [1.54, 1.807) is 44.4 Å². The summed E-state index contributed by atoms with van der Waals surface area (Å²) in [6.07, 6.45) is 1.09. The number of ether oxygens (including phenoxy) is 1. The highest BCUT2D eigenvalue weighted by Gasteiger charge is 2.14. The molecule has 9 heteroatoms. The molecular weight excluding hydrogens is 464 g/mol. The van der Waals surface area contributed by atoms with Crippen LogP contribution >= 0.6 is 0 Å². The number of rotatable bonds is 7. The fourth-order valence-electron chi connectivity index (χ4n) is 3.55. The van der Waals surface area contributed by atoms with Crippen LogP contribution in [0.3, 0.4) is 0 Å². The van der Waals surface area contributed by atoms with Crippen LogP contribution in [0.25, 0.3) is 22.2 Å². The third-order valence-electron chi connectivity index (χ3n) is 5.26. The molecule has 0 saturated carbocycles. The van der Waals surface area contributed by atoms with Gasteiger partial charge in [-0.3, -0.25) is 9.52 Å². The van der Waals surface area contributed by atoms with Gasteiger partial charge in [-0.25, -0.2) is 18.8 Å². The Balaban J connectivity index is 1.62. The highest BCUT2D eigenvalue weighted by atomic mass is 32.2. The third-order valence-corrected chi connectivity index (χ3v) is 5.86. The van der Waals surface area contributed by atoms with Crippen LogP contribution in [0.15, 0.2) is 84.0 Å². The van der Waals surface area contributed by atoms with E-state index >= 15 is 0 Å². The molecule has 0 unspecified atom stereocenters. The molecule has 0 bridgehead atoms. The van der Waals surface area contributed by atoms with Gasteiger partial charge in [0.25, 0.3) is 5.91 Å². The van der Waals surface area contributed by atoms with E-state index in [1.807, 2.05) is 48.5 Å². The van der Waals surface area contributed by atoms with Crippen molar-refractivity contribution in [2.45, 2.75) is 6.92 Å². The SMILES string of the molecule is COc1cccc(-c2cc(C(=O)N/N=C(\C)c3ccc(NS(C)(=O)=O)cc3)c3ccccc3n2)c1. The van der Waals surface area contributed by atoms with Crippen LogP contribution in [-0.4, -0.2) is 38.4 Å². The summed E-state index contributed by atoms with van der Waals surface area (Å²) < 4.78 is 30.5. The first-order chi connectivity index (χ1) is 16.7. The maximum absolute atomic E-state index is 13.2. The highest BCUT2D eigenvalue weighted by Crippen LogP contribution is 2.27. The number of hydrogen-bond acceptors (Lipinski definition) is 6. The van der Waals surface area contributed by atoms with Crippen LogP contribution in [0.4, 0.5) is 5.69 Å². The molecule has 0 aliphatic heterocycles. The van der Waals surface area contributed by atoms with E-state index in [-0.39, 0.29) is 5.91 Å². The van der Waals surface area contributed by atoms with Gasteiger partial charge in [0, 0.05) is 16.6 Å². The topological polar surface area (TPSA) is 110 Å². The molecule has 4 rings (SSSR count). The molecule has 0 radical (unpaired) electrons. The molecule has 2 N–H and O–H groups in total. The van der Waals surface area contributed by atoms with Gasteiger partial charge in [-0.05, 0) is 48.9 Å². The largest absolute Gasteiger partial charge is 0.497 e. The number of carbonyl (C=O) groups excluding carboxylic acids is 1. The summed E-state index contributed by atoms with van der Waals surface area (Å²) in [5, 5.41) is 4.96. The van der Waals surface area contributed by atoms with Crippen LogP contribution in [0, 0.1) is 0 Å².